The van der Waals surface area contributed by atoms with Gasteiger partial charge >= 0.3 is 0 Å². The lowest BCUT2D eigenvalue weighted by atomic mass is 10.4. The highest BCUT2D eigenvalue weighted by atomic mass is 15.3. The molecule has 4 N–H and O–H groups in total. The van der Waals surface area contributed by atoms with E-state index >= 15 is 0 Å². The van der Waals surface area contributed by atoms with Crippen LogP contribution < -0.4 is 16.6 Å². The fraction of sp³-hybridized carbons (Fsp3) is 0.857. The molecule has 0 amide bonds. The van der Waals surface area contributed by atoms with Gasteiger partial charge in [0, 0.05) is 12.6 Å². The zero-order valence-electron chi connectivity index (χ0n) is 7.52. The van der Waals surface area contributed by atoms with Crippen molar-refractivity contribution in [1.82, 2.24) is 10.7 Å². The summed E-state index contributed by atoms with van der Waals surface area (Å²) in [6.07, 6.45) is 1.03. The lowest BCUT2D eigenvalue weighted by Crippen LogP contribution is -2.44. The molecule has 0 aromatic carbocycles. The number of rotatable bonds is 3. The zero-order valence-corrected chi connectivity index (χ0v) is 7.52. The van der Waals surface area contributed by atoms with Crippen molar-refractivity contribution in [2.75, 3.05) is 6.54 Å². The predicted octanol–water partition coefficient (Wildman–Crippen LogP) is 0.214. The van der Waals surface area contributed by atoms with Crippen molar-refractivity contribution < 1.29 is 0 Å². The summed E-state index contributed by atoms with van der Waals surface area (Å²) in [5, 5.41) is 3.08. The monoisotopic (exact) mass is 158 g/mol. The Balaban J connectivity index is 3.73. The van der Waals surface area contributed by atoms with Crippen molar-refractivity contribution in [2.45, 2.75) is 33.2 Å². The first-order chi connectivity index (χ1) is 5.20. The first-order valence-corrected chi connectivity index (χ1v) is 3.98. The van der Waals surface area contributed by atoms with Crippen molar-refractivity contribution in [3.8, 4) is 0 Å². The van der Waals surface area contributed by atoms with Gasteiger partial charge in [-0.05, 0) is 20.3 Å². The van der Waals surface area contributed by atoms with Crippen LogP contribution in [0.15, 0.2) is 4.99 Å². The highest BCUT2D eigenvalue weighted by Gasteiger charge is 1.95. The number of nitrogens with zero attached hydrogens (tertiary/aromatic N) is 1. The smallest absolute Gasteiger partial charge is 0.205 e. The van der Waals surface area contributed by atoms with E-state index in [9.17, 15) is 0 Å². The Labute approximate surface area is 68.2 Å². The van der Waals surface area contributed by atoms with Gasteiger partial charge in [-0.1, -0.05) is 6.92 Å². The Morgan fingerprint density at radius 2 is 2.18 bits per heavy atom. The van der Waals surface area contributed by atoms with Crippen LogP contribution in [-0.2, 0) is 0 Å². The summed E-state index contributed by atoms with van der Waals surface area (Å²) in [6.45, 7) is 6.96. The molecule has 0 radical (unpaired) electrons. The molecule has 0 heterocycles. The molecule has 0 aromatic rings. The summed E-state index contributed by atoms with van der Waals surface area (Å²) >= 11 is 0. The molecule has 0 unspecified atom stereocenters. The summed E-state index contributed by atoms with van der Waals surface area (Å²) in [4.78, 5) is 4.17. The first kappa shape index (κ1) is 10.2. The standard InChI is InChI=1S/C7H18N4/c1-4-5-9-7(11-8)10-6(2)3/h6H,4-5,8H2,1-3H3,(H2,9,10,11). The molecular formula is C7H18N4. The molecule has 66 valence electrons. The summed E-state index contributed by atoms with van der Waals surface area (Å²) in [6, 6.07) is 0.363. The molecule has 11 heavy (non-hydrogen) atoms. The van der Waals surface area contributed by atoms with E-state index in [1.54, 1.807) is 0 Å². The molecule has 0 rings (SSSR count). The highest BCUT2D eigenvalue weighted by Crippen LogP contribution is 1.80. The third-order valence-electron chi connectivity index (χ3n) is 1.06. The van der Waals surface area contributed by atoms with Crippen LogP contribution in [0, 0.1) is 0 Å². The molecular weight excluding hydrogens is 140 g/mol. The van der Waals surface area contributed by atoms with Crippen molar-refractivity contribution in [3.05, 3.63) is 0 Å². The highest BCUT2D eigenvalue weighted by molar-refractivity contribution is 5.79. The maximum absolute atomic E-state index is 5.22. The van der Waals surface area contributed by atoms with Crippen LogP contribution in [-0.4, -0.2) is 18.5 Å². The number of nitrogens with one attached hydrogen (secondary N) is 2. The van der Waals surface area contributed by atoms with Crippen molar-refractivity contribution in [3.63, 3.8) is 0 Å². The first-order valence-electron chi connectivity index (χ1n) is 3.98. The Bertz CT molecular complexity index is 120. The van der Waals surface area contributed by atoms with Gasteiger partial charge in [0.25, 0.3) is 0 Å². The fourth-order valence-corrected chi connectivity index (χ4v) is 0.630. The topological polar surface area (TPSA) is 62.4 Å². The molecule has 4 nitrogen and oxygen atoms in total. The molecule has 0 aliphatic carbocycles. The van der Waals surface area contributed by atoms with Crippen LogP contribution >= 0.6 is 0 Å². The summed E-state index contributed by atoms with van der Waals surface area (Å²) in [5.41, 5.74) is 2.51. The van der Waals surface area contributed by atoms with Crippen LogP contribution in [0.1, 0.15) is 27.2 Å². The lowest BCUT2D eigenvalue weighted by Gasteiger charge is -2.11. The summed E-state index contributed by atoms with van der Waals surface area (Å²) in [7, 11) is 0. The minimum atomic E-state index is 0.363. The van der Waals surface area contributed by atoms with Crippen LogP contribution in [0.5, 0.6) is 0 Å². The van der Waals surface area contributed by atoms with Gasteiger partial charge in [0.05, 0.1) is 0 Å². The Morgan fingerprint density at radius 1 is 1.55 bits per heavy atom. The molecule has 0 aliphatic rings. The zero-order chi connectivity index (χ0) is 8.69. The molecule has 0 atom stereocenters. The predicted molar refractivity (Wildman–Crippen MR) is 48.2 cm³/mol. The van der Waals surface area contributed by atoms with Gasteiger partial charge in [-0.3, -0.25) is 10.4 Å². The van der Waals surface area contributed by atoms with E-state index in [0.29, 0.717) is 12.0 Å². The molecule has 0 fully saturated rings. The third-order valence-corrected chi connectivity index (χ3v) is 1.06. The maximum Gasteiger partial charge on any atom is 0.205 e. The van der Waals surface area contributed by atoms with Crippen molar-refractivity contribution in [2.24, 2.45) is 10.8 Å². The number of hydrogen-bond donors (Lipinski definition) is 3. The molecule has 0 aromatic heterocycles. The van der Waals surface area contributed by atoms with Crippen molar-refractivity contribution >= 4 is 5.96 Å². The van der Waals surface area contributed by atoms with E-state index < -0.39 is 0 Å². The van der Waals surface area contributed by atoms with Gasteiger partial charge in [-0.2, -0.15) is 0 Å². The van der Waals surface area contributed by atoms with Gasteiger partial charge in [0.15, 0.2) is 0 Å². The van der Waals surface area contributed by atoms with E-state index in [4.69, 9.17) is 5.84 Å². The largest absolute Gasteiger partial charge is 0.353 e. The number of aliphatic imine (C=N–C) groups is 1. The van der Waals surface area contributed by atoms with E-state index in [-0.39, 0.29) is 0 Å². The second-order valence-corrected chi connectivity index (χ2v) is 2.67. The molecule has 0 saturated heterocycles. The number of hydrazine groups is 1. The van der Waals surface area contributed by atoms with E-state index in [1.807, 2.05) is 13.8 Å². The molecule has 4 heteroatoms. The number of guanidine groups is 1. The quantitative estimate of drug-likeness (QED) is 0.238. The molecule has 0 bridgehead atoms. The van der Waals surface area contributed by atoms with Gasteiger partial charge in [0.1, 0.15) is 0 Å². The fourth-order valence-electron chi connectivity index (χ4n) is 0.630. The lowest BCUT2D eigenvalue weighted by molar-refractivity contribution is 0.701. The van der Waals surface area contributed by atoms with E-state index in [1.165, 1.54) is 0 Å². The second kappa shape index (κ2) is 5.97. The van der Waals surface area contributed by atoms with Gasteiger partial charge in [-0.25, -0.2) is 5.84 Å². The van der Waals surface area contributed by atoms with Gasteiger partial charge in [-0.15, -0.1) is 0 Å². The Morgan fingerprint density at radius 3 is 2.55 bits per heavy atom. The summed E-state index contributed by atoms with van der Waals surface area (Å²) in [5.74, 6) is 5.89. The van der Waals surface area contributed by atoms with Gasteiger partial charge < -0.3 is 5.32 Å². The minimum absolute atomic E-state index is 0.363. The number of nitrogens with two attached hydrogens (primary N) is 1. The molecule has 0 saturated carbocycles. The summed E-state index contributed by atoms with van der Waals surface area (Å²) < 4.78 is 0. The third kappa shape index (κ3) is 5.66. The number of hydrogen-bond acceptors (Lipinski definition) is 2. The SMILES string of the molecule is CCCN=C(NN)NC(C)C. The Kier molecular flexibility index (Phi) is 5.56. The van der Waals surface area contributed by atoms with E-state index in [2.05, 4.69) is 22.7 Å². The molecule has 0 spiro atoms. The average Bonchev–Trinajstić information content (AvgIpc) is 1.97. The van der Waals surface area contributed by atoms with Crippen LogP contribution in [0.3, 0.4) is 0 Å². The van der Waals surface area contributed by atoms with Crippen molar-refractivity contribution in [1.29, 1.82) is 0 Å². The molecule has 0 aliphatic heterocycles. The van der Waals surface area contributed by atoms with Crippen LogP contribution in [0.2, 0.25) is 0 Å². The van der Waals surface area contributed by atoms with Crippen LogP contribution in [0.4, 0.5) is 0 Å². The minimum Gasteiger partial charge on any atom is -0.353 e. The maximum atomic E-state index is 5.22. The van der Waals surface area contributed by atoms with E-state index in [0.717, 1.165) is 13.0 Å². The van der Waals surface area contributed by atoms with Crippen LogP contribution in [0.25, 0.3) is 0 Å². The normalized spacial score (nSPS) is 11.9. The second-order valence-electron chi connectivity index (χ2n) is 2.67. The average molecular weight is 158 g/mol. The van der Waals surface area contributed by atoms with Gasteiger partial charge in [0.2, 0.25) is 5.96 Å². The Hall–Kier alpha value is -0.770.